The minimum Gasteiger partial charge on any atom is -0.497 e. The van der Waals surface area contributed by atoms with Crippen LogP contribution in [-0.4, -0.2) is 26.1 Å². The summed E-state index contributed by atoms with van der Waals surface area (Å²) in [5.74, 6) is 6.01. The van der Waals surface area contributed by atoms with Crippen LogP contribution in [0.15, 0.2) is 34.4 Å². The predicted molar refractivity (Wildman–Crippen MR) is 58.1 cm³/mol. The van der Waals surface area contributed by atoms with Gasteiger partial charge in [-0.2, -0.15) is 5.10 Å². The van der Waals surface area contributed by atoms with Gasteiger partial charge in [-0.3, -0.25) is 4.99 Å². The Bertz CT molecular complexity index is 358. The quantitative estimate of drug-likeness (QED) is 0.441. The monoisotopic (exact) mass is 191 g/mol. The highest BCUT2D eigenvalue weighted by molar-refractivity contribution is 6.38. The number of benzene rings is 1. The molecule has 0 aliphatic carbocycles. The lowest BCUT2D eigenvalue weighted by atomic mass is 10.1. The summed E-state index contributed by atoms with van der Waals surface area (Å²) in [6.07, 6.45) is 1.61. The van der Waals surface area contributed by atoms with Crippen molar-refractivity contribution in [1.29, 1.82) is 0 Å². The van der Waals surface area contributed by atoms with Crippen molar-refractivity contribution in [2.24, 2.45) is 15.9 Å². The molecule has 74 valence electrons. The topological polar surface area (TPSA) is 60.0 Å². The van der Waals surface area contributed by atoms with E-state index in [0.29, 0.717) is 5.71 Å². The number of methoxy groups -OCH3 is 1. The molecule has 4 heteroatoms. The molecule has 14 heavy (non-hydrogen) atoms. The normalized spacial score (nSPS) is 12.0. The van der Waals surface area contributed by atoms with Gasteiger partial charge in [0, 0.05) is 18.8 Å². The molecule has 0 aromatic heterocycles. The Balaban J connectivity index is 3.05. The molecule has 0 amide bonds. The summed E-state index contributed by atoms with van der Waals surface area (Å²) in [5.41, 5.74) is 1.52. The number of nitrogens with two attached hydrogens (primary N) is 1. The second-order valence-corrected chi connectivity index (χ2v) is 2.63. The summed E-state index contributed by atoms with van der Waals surface area (Å²) >= 11 is 0. The highest BCUT2D eigenvalue weighted by atomic mass is 16.5. The molecule has 0 aliphatic heterocycles. The van der Waals surface area contributed by atoms with E-state index in [2.05, 4.69) is 10.1 Å². The molecular formula is C10H13N3O. The molecule has 0 aliphatic rings. The van der Waals surface area contributed by atoms with Crippen molar-refractivity contribution in [3.8, 4) is 5.75 Å². The highest BCUT2D eigenvalue weighted by Crippen LogP contribution is 2.12. The zero-order valence-corrected chi connectivity index (χ0v) is 8.27. The molecular weight excluding hydrogens is 178 g/mol. The molecule has 2 N–H and O–H groups in total. The van der Waals surface area contributed by atoms with Gasteiger partial charge >= 0.3 is 0 Å². The maximum absolute atomic E-state index is 5.24. The first-order valence-electron chi connectivity index (χ1n) is 4.16. The van der Waals surface area contributed by atoms with Gasteiger partial charge in [0.15, 0.2) is 0 Å². The number of nitrogens with zero attached hydrogens (tertiary/aromatic N) is 2. The average Bonchev–Trinajstić information content (AvgIpc) is 2.26. The Morgan fingerprint density at radius 3 is 2.86 bits per heavy atom. The summed E-state index contributed by atoms with van der Waals surface area (Å²) in [6.45, 7) is 0. The van der Waals surface area contributed by atoms with Gasteiger partial charge in [0.25, 0.3) is 0 Å². The molecule has 4 nitrogen and oxygen atoms in total. The Morgan fingerprint density at radius 1 is 1.50 bits per heavy atom. The van der Waals surface area contributed by atoms with E-state index in [4.69, 9.17) is 10.6 Å². The maximum Gasteiger partial charge on any atom is 0.119 e. The molecule has 1 rings (SSSR count). The van der Waals surface area contributed by atoms with E-state index < -0.39 is 0 Å². The summed E-state index contributed by atoms with van der Waals surface area (Å²) in [5, 5.41) is 3.64. The van der Waals surface area contributed by atoms with Crippen LogP contribution < -0.4 is 10.6 Å². The minimum absolute atomic E-state index is 0.631. The van der Waals surface area contributed by atoms with Gasteiger partial charge in [0.1, 0.15) is 11.5 Å². The van der Waals surface area contributed by atoms with E-state index >= 15 is 0 Å². The minimum atomic E-state index is 0.631. The Hall–Kier alpha value is -1.84. The third kappa shape index (κ3) is 2.32. The van der Waals surface area contributed by atoms with Crippen molar-refractivity contribution >= 4 is 11.9 Å². The molecule has 0 atom stereocenters. The Labute approximate surface area is 83.1 Å². The van der Waals surface area contributed by atoms with E-state index in [1.165, 1.54) is 0 Å². The van der Waals surface area contributed by atoms with Crippen LogP contribution in [-0.2, 0) is 0 Å². The standard InChI is InChI=1S/C10H13N3O/c1-12-7-10(13-11)8-4-3-5-9(6-8)14-2/h3-7H,11H2,1-2H3/b12-7?,13-10+. The van der Waals surface area contributed by atoms with Crippen molar-refractivity contribution in [1.82, 2.24) is 0 Å². The van der Waals surface area contributed by atoms with Crippen molar-refractivity contribution in [2.45, 2.75) is 0 Å². The molecule has 0 spiro atoms. The number of hydrazone groups is 1. The first-order chi connectivity index (χ1) is 6.81. The fraction of sp³-hybridized carbons (Fsp3) is 0.200. The summed E-state index contributed by atoms with van der Waals surface area (Å²) in [4.78, 5) is 3.86. The second-order valence-electron chi connectivity index (χ2n) is 2.63. The lowest BCUT2D eigenvalue weighted by Gasteiger charge is -2.02. The molecule has 0 radical (unpaired) electrons. The van der Waals surface area contributed by atoms with Crippen molar-refractivity contribution in [2.75, 3.05) is 14.2 Å². The van der Waals surface area contributed by atoms with Crippen molar-refractivity contribution in [3.05, 3.63) is 29.8 Å². The summed E-state index contributed by atoms with van der Waals surface area (Å²) in [7, 11) is 3.29. The average molecular weight is 191 g/mol. The fourth-order valence-corrected chi connectivity index (χ4v) is 1.09. The zero-order chi connectivity index (χ0) is 10.4. The van der Waals surface area contributed by atoms with E-state index in [-0.39, 0.29) is 0 Å². The van der Waals surface area contributed by atoms with E-state index in [1.54, 1.807) is 20.4 Å². The van der Waals surface area contributed by atoms with Crippen LogP contribution in [0.4, 0.5) is 0 Å². The second kappa shape index (κ2) is 5.01. The van der Waals surface area contributed by atoms with Gasteiger partial charge < -0.3 is 10.6 Å². The molecule has 1 aromatic rings. The number of ether oxygens (including phenoxy) is 1. The van der Waals surface area contributed by atoms with Gasteiger partial charge in [-0.25, -0.2) is 0 Å². The lowest BCUT2D eigenvalue weighted by Crippen LogP contribution is -2.05. The molecule has 0 unspecified atom stereocenters. The Kier molecular flexibility index (Phi) is 3.67. The number of rotatable bonds is 3. The van der Waals surface area contributed by atoms with E-state index in [1.807, 2.05) is 24.3 Å². The van der Waals surface area contributed by atoms with Crippen LogP contribution in [0.1, 0.15) is 5.56 Å². The molecule has 0 saturated carbocycles. The number of hydrogen-bond donors (Lipinski definition) is 1. The molecule has 0 heterocycles. The first kappa shape index (κ1) is 10.2. The number of aliphatic imine (C=N–C) groups is 1. The zero-order valence-electron chi connectivity index (χ0n) is 8.27. The van der Waals surface area contributed by atoms with Crippen LogP contribution in [0.2, 0.25) is 0 Å². The largest absolute Gasteiger partial charge is 0.497 e. The predicted octanol–water partition coefficient (Wildman–Crippen LogP) is 1.06. The van der Waals surface area contributed by atoms with E-state index in [0.717, 1.165) is 11.3 Å². The summed E-state index contributed by atoms with van der Waals surface area (Å²) < 4.78 is 5.09. The van der Waals surface area contributed by atoms with Crippen LogP contribution in [0.25, 0.3) is 0 Å². The molecule has 0 bridgehead atoms. The highest BCUT2D eigenvalue weighted by Gasteiger charge is 2.01. The van der Waals surface area contributed by atoms with Crippen LogP contribution >= 0.6 is 0 Å². The molecule has 0 saturated heterocycles. The lowest BCUT2D eigenvalue weighted by molar-refractivity contribution is 0.414. The summed E-state index contributed by atoms with van der Waals surface area (Å²) in [6, 6.07) is 7.49. The van der Waals surface area contributed by atoms with Gasteiger partial charge in [-0.15, -0.1) is 0 Å². The van der Waals surface area contributed by atoms with Gasteiger partial charge in [0.05, 0.1) is 7.11 Å². The molecule has 1 aromatic carbocycles. The fourth-order valence-electron chi connectivity index (χ4n) is 1.09. The maximum atomic E-state index is 5.24. The molecule has 0 fully saturated rings. The Morgan fingerprint density at radius 2 is 2.29 bits per heavy atom. The third-order valence-electron chi connectivity index (χ3n) is 1.76. The number of hydrogen-bond acceptors (Lipinski definition) is 4. The smallest absolute Gasteiger partial charge is 0.119 e. The van der Waals surface area contributed by atoms with Crippen LogP contribution in [0.5, 0.6) is 5.75 Å². The van der Waals surface area contributed by atoms with Crippen molar-refractivity contribution in [3.63, 3.8) is 0 Å². The van der Waals surface area contributed by atoms with Gasteiger partial charge in [-0.05, 0) is 12.1 Å². The van der Waals surface area contributed by atoms with Crippen LogP contribution in [0, 0.1) is 0 Å². The third-order valence-corrected chi connectivity index (χ3v) is 1.76. The van der Waals surface area contributed by atoms with Crippen LogP contribution in [0.3, 0.4) is 0 Å². The SMILES string of the molecule is CN=C/C(=N\N)c1cccc(OC)c1. The van der Waals surface area contributed by atoms with E-state index in [9.17, 15) is 0 Å². The van der Waals surface area contributed by atoms with Crippen molar-refractivity contribution < 1.29 is 4.74 Å². The van der Waals surface area contributed by atoms with Gasteiger partial charge in [0.2, 0.25) is 0 Å². The van der Waals surface area contributed by atoms with Gasteiger partial charge in [-0.1, -0.05) is 12.1 Å². The first-order valence-corrected chi connectivity index (χ1v) is 4.16.